The monoisotopic (exact) mass is 83.0 g/mol. The minimum atomic E-state index is 0. The Morgan fingerprint density at radius 2 is 1.25 bits per heavy atom. The van der Waals surface area contributed by atoms with E-state index < -0.39 is 0 Å². The molecule has 0 unspecified atom stereocenters. The molecule has 0 aliphatic carbocycles. The average Bonchev–Trinajstić information content (AvgIpc) is 1.00. The van der Waals surface area contributed by atoms with Gasteiger partial charge in [0.1, 0.15) is 0 Å². The van der Waals surface area contributed by atoms with Crippen LogP contribution in [0.15, 0.2) is 6.58 Å². The van der Waals surface area contributed by atoms with Gasteiger partial charge in [0.15, 0.2) is 0 Å². The first kappa shape index (κ1) is 18.4. The molecule has 0 aromatic carbocycles. The molecule has 0 heterocycles. The maximum absolute atomic E-state index is 4.25. The first-order valence-electron chi connectivity index (χ1n) is 0.408. The van der Waals surface area contributed by atoms with Crippen LogP contribution in [0.1, 0.15) is 0 Å². The van der Waals surface area contributed by atoms with Gasteiger partial charge in [0.05, 0.1) is 0 Å². The Balaban J connectivity index is -0.00000000500. The van der Waals surface area contributed by atoms with Gasteiger partial charge in [-0.1, -0.05) is 0 Å². The van der Waals surface area contributed by atoms with Crippen LogP contribution in [-0.2, 0) is 0 Å². The summed E-state index contributed by atoms with van der Waals surface area (Å²) in [7, 11) is 0. The van der Waals surface area contributed by atoms with E-state index in [0.29, 0.717) is 0 Å². The van der Waals surface area contributed by atoms with E-state index >= 15 is 0 Å². The maximum atomic E-state index is 4.25. The minimum absolute atomic E-state index is 0. The molecule has 0 aliphatic rings. The summed E-state index contributed by atoms with van der Waals surface area (Å²) in [5, 5.41) is 0. The third-order valence-corrected chi connectivity index (χ3v) is 0. The number of rotatable bonds is 0. The van der Waals surface area contributed by atoms with Crippen molar-refractivity contribution in [2.45, 2.75) is 0 Å². The van der Waals surface area contributed by atoms with Crippen LogP contribution in [0.5, 0.6) is 0 Å². The van der Waals surface area contributed by atoms with E-state index in [-0.39, 0.29) is 57.5 Å². The van der Waals surface area contributed by atoms with Crippen molar-refractivity contribution in [3.8, 4) is 0 Å². The van der Waals surface area contributed by atoms with E-state index in [1.54, 1.807) is 0 Å². The van der Waals surface area contributed by atoms with E-state index in [0.717, 1.165) is 0 Å². The Labute approximate surface area is 69.5 Å². The normalized spacial score (nSPS) is 1.00. The molecule has 0 saturated heterocycles. The zero-order chi connectivity index (χ0) is 2.00. The molecule has 0 amide bonds. The van der Waals surface area contributed by atoms with Crippen LogP contribution in [0, 0.1) is 6.58 Å². The van der Waals surface area contributed by atoms with Crippen molar-refractivity contribution in [2.24, 2.45) is 0 Å². The second-order valence-corrected chi connectivity index (χ2v) is 0. The average molecular weight is 83.2 g/mol. The Kier molecular flexibility index (Phi) is 124. The quantitative estimate of drug-likeness (QED) is 0.261. The van der Waals surface area contributed by atoms with Gasteiger partial charge in [0, 0.05) is 0 Å². The van der Waals surface area contributed by atoms with E-state index in [1.165, 1.54) is 0 Å². The van der Waals surface area contributed by atoms with Gasteiger partial charge in [-0.3, -0.25) is 6.58 Å². The van der Waals surface area contributed by atoms with Gasteiger partial charge in [0.2, 0.25) is 0 Å². The zero-order valence-corrected chi connectivity index (χ0v) is 6.11. The first-order valence-corrected chi connectivity index (χ1v) is 0.408. The molecular weight excluding hydrogens is 77.1 g/mol. The van der Waals surface area contributed by atoms with E-state index in [1.807, 2.05) is 0 Å². The summed E-state index contributed by atoms with van der Waals surface area (Å²) < 4.78 is 0. The fourth-order valence-corrected chi connectivity index (χ4v) is 0. The molecule has 20 valence electrons. The number of hydrogen-bond donors (Lipinski definition) is 1. The third-order valence-electron chi connectivity index (χ3n) is 0. The van der Waals surface area contributed by atoms with Crippen molar-refractivity contribution in [3.05, 3.63) is 13.2 Å². The van der Waals surface area contributed by atoms with Crippen molar-refractivity contribution in [2.75, 3.05) is 0 Å². The fourth-order valence-electron chi connectivity index (χ4n) is 0. The van der Waals surface area contributed by atoms with Crippen LogP contribution in [0.4, 0.5) is 0 Å². The second-order valence-electron chi connectivity index (χ2n) is 0. The number of hydrogen-bond acceptors (Lipinski definition) is 1. The Hall–Kier alpha value is 1.34. The van der Waals surface area contributed by atoms with Gasteiger partial charge >= 0.3 is 51.4 Å². The van der Waals surface area contributed by atoms with Gasteiger partial charge in [-0.2, -0.15) is 0 Å². The molecule has 0 rings (SSSR count). The van der Waals surface area contributed by atoms with Crippen molar-refractivity contribution in [1.82, 2.24) is 6.15 Å². The van der Waals surface area contributed by atoms with Crippen LogP contribution in [-0.4, -0.2) is 0 Å². The fraction of sp³-hybridized carbons (Fsp3) is 0. The molecule has 1 nitrogen and oxygen atoms in total. The third kappa shape index (κ3) is 10.2. The van der Waals surface area contributed by atoms with E-state index in [4.69, 9.17) is 0 Å². The van der Waals surface area contributed by atoms with Crippen LogP contribution >= 0.6 is 0 Å². The maximum Gasteiger partial charge on any atom is 1.00 e. The van der Waals surface area contributed by atoms with Gasteiger partial charge in [-0.25, -0.2) is 0 Å². The Morgan fingerprint density at radius 1 is 1.25 bits per heavy atom. The summed E-state index contributed by atoms with van der Waals surface area (Å²) in [5.41, 5.74) is 0. The first-order chi connectivity index (χ1) is 1.00. The molecule has 4 heavy (non-hydrogen) atoms. The molecule has 0 saturated carbocycles. The summed E-state index contributed by atoms with van der Waals surface area (Å²) in [6.45, 7) is 7.00. The Morgan fingerprint density at radius 3 is 1.25 bits per heavy atom. The van der Waals surface area contributed by atoms with E-state index in [9.17, 15) is 0 Å². The molecule has 3 N–H and O–H groups in total. The predicted molar refractivity (Wildman–Crippen MR) is 14.9 cm³/mol. The topological polar surface area (TPSA) is 35.0 Å². The molecule has 0 aromatic heterocycles. The van der Waals surface area contributed by atoms with Gasteiger partial charge < -0.3 is 12.7 Å². The van der Waals surface area contributed by atoms with Gasteiger partial charge in [-0.05, 0) is 0 Å². The minimum Gasteiger partial charge on any atom is -0.521 e. The zero-order valence-electron chi connectivity index (χ0n) is 2.99. The van der Waals surface area contributed by atoms with Crippen molar-refractivity contribution < 1.29 is 51.4 Å². The van der Waals surface area contributed by atoms with Crippen LogP contribution < -0.4 is 57.5 Å². The molecule has 0 spiro atoms. The Bertz CT molecular complexity index is 6.00. The van der Waals surface area contributed by atoms with Gasteiger partial charge in [-0.15, -0.1) is 0 Å². The smallest absolute Gasteiger partial charge is 0.521 e. The van der Waals surface area contributed by atoms with Crippen LogP contribution in [0.3, 0.4) is 0 Å². The van der Waals surface area contributed by atoms with Crippen LogP contribution in [0.25, 0.3) is 0 Å². The SMILES string of the molecule is N.[CH-]=C.[K+]. The molecule has 0 radical (unpaired) electrons. The molecule has 0 fully saturated rings. The largest absolute Gasteiger partial charge is 1.00 e. The molecular formula is C2H6KN. The summed E-state index contributed by atoms with van der Waals surface area (Å²) in [6, 6.07) is 0. The van der Waals surface area contributed by atoms with Gasteiger partial charge in [0.25, 0.3) is 0 Å². The molecule has 0 atom stereocenters. The second kappa shape index (κ2) is 27.0. The van der Waals surface area contributed by atoms with Crippen molar-refractivity contribution in [1.29, 1.82) is 0 Å². The summed E-state index contributed by atoms with van der Waals surface area (Å²) in [6.07, 6.45) is 0. The van der Waals surface area contributed by atoms with E-state index in [2.05, 4.69) is 13.2 Å². The molecule has 0 aliphatic heterocycles. The molecule has 2 heteroatoms. The van der Waals surface area contributed by atoms with Crippen molar-refractivity contribution in [3.63, 3.8) is 0 Å². The predicted octanol–water partition coefficient (Wildman–Crippen LogP) is -2.23. The summed E-state index contributed by atoms with van der Waals surface area (Å²) in [5.74, 6) is 0. The summed E-state index contributed by atoms with van der Waals surface area (Å²) in [4.78, 5) is 0. The van der Waals surface area contributed by atoms with Crippen LogP contribution in [0.2, 0.25) is 0 Å². The molecule has 0 bridgehead atoms. The summed E-state index contributed by atoms with van der Waals surface area (Å²) >= 11 is 0. The molecule has 0 aromatic rings. The standard InChI is InChI=1S/C2H3.K.H3N/c1-2;;/h1H,2H2;;1H3/q-1;+1;. The van der Waals surface area contributed by atoms with Crippen molar-refractivity contribution >= 4 is 0 Å².